The van der Waals surface area contributed by atoms with Gasteiger partial charge < -0.3 is 4.90 Å². The average molecular weight is 255 g/mol. The Labute approximate surface area is 113 Å². The smallest absolute Gasteiger partial charge is 0.123 e. The van der Waals surface area contributed by atoms with Crippen molar-refractivity contribution in [3.8, 4) is 0 Å². The zero-order chi connectivity index (χ0) is 13.4. The van der Waals surface area contributed by atoms with E-state index in [9.17, 15) is 4.39 Å². The molecule has 98 valence electrons. The fourth-order valence-electron chi connectivity index (χ4n) is 2.99. The van der Waals surface area contributed by atoms with Gasteiger partial charge >= 0.3 is 0 Å². The first-order valence-electron chi connectivity index (χ1n) is 6.67. The van der Waals surface area contributed by atoms with E-state index in [0.717, 1.165) is 18.7 Å². The summed E-state index contributed by atoms with van der Waals surface area (Å²) in [5, 5.41) is 0. The number of fused-ring (bicyclic) bond motifs is 1. The largest absolute Gasteiger partial charge is 0.301 e. The van der Waals surface area contributed by atoms with Crippen molar-refractivity contribution in [2.45, 2.75) is 19.4 Å². The summed E-state index contributed by atoms with van der Waals surface area (Å²) < 4.78 is 13.4. The van der Waals surface area contributed by atoms with Gasteiger partial charge in [0, 0.05) is 19.0 Å². The van der Waals surface area contributed by atoms with Gasteiger partial charge in [-0.1, -0.05) is 35.9 Å². The predicted octanol–water partition coefficient (Wildman–Crippen LogP) is 3.71. The highest BCUT2D eigenvalue weighted by Gasteiger charge is 2.24. The second kappa shape index (κ2) is 4.78. The Bertz CT molecular complexity index is 606. The van der Waals surface area contributed by atoms with E-state index in [-0.39, 0.29) is 11.7 Å². The molecule has 0 aliphatic carbocycles. The van der Waals surface area contributed by atoms with Crippen LogP contribution in [0.4, 0.5) is 4.39 Å². The van der Waals surface area contributed by atoms with Crippen LogP contribution in [0, 0.1) is 12.7 Å². The van der Waals surface area contributed by atoms with Crippen LogP contribution in [-0.4, -0.2) is 18.5 Å². The lowest BCUT2D eigenvalue weighted by Crippen LogP contribution is -2.31. The van der Waals surface area contributed by atoms with E-state index in [0.29, 0.717) is 0 Å². The molecule has 0 unspecified atom stereocenters. The van der Waals surface area contributed by atoms with Crippen LogP contribution >= 0.6 is 0 Å². The minimum Gasteiger partial charge on any atom is -0.301 e. The summed E-state index contributed by atoms with van der Waals surface area (Å²) in [6.45, 7) is 4.04. The predicted molar refractivity (Wildman–Crippen MR) is 75.8 cm³/mol. The number of hydrogen-bond acceptors (Lipinski definition) is 1. The lowest BCUT2D eigenvalue weighted by Gasteiger charge is -2.33. The van der Waals surface area contributed by atoms with Gasteiger partial charge in [-0.25, -0.2) is 4.39 Å². The maximum Gasteiger partial charge on any atom is 0.123 e. The van der Waals surface area contributed by atoms with Gasteiger partial charge in [0.15, 0.2) is 0 Å². The van der Waals surface area contributed by atoms with Crippen molar-refractivity contribution in [3.63, 3.8) is 0 Å². The quantitative estimate of drug-likeness (QED) is 0.751. The number of rotatable bonds is 1. The summed E-state index contributed by atoms with van der Waals surface area (Å²) in [6, 6.07) is 13.6. The maximum absolute atomic E-state index is 13.4. The molecule has 1 nitrogen and oxygen atoms in total. The first-order chi connectivity index (χ1) is 9.13. The lowest BCUT2D eigenvalue weighted by molar-refractivity contribution is 0.295. The van der Waals surface area contributed by atoms with Crippen molar-refractivity contribution >= 4 is 0 Å². The molecule has 0 saturated heterocycles. The molecule has 0 aromatic heterocycles. The maximum atomic E-state index is 13.4. The molecule has 1 atom stereocenters. The van der Waals surface area contributed by atoms with Gasteiger partial charge in [0.2, 0.25) is 0 Å². The van der Waals surface area contributed by atoms with E-state index in [1.54, 1.807) is 12.1 Å². The molecule has 3 rings (SSSR count). The summed E-state index contributed by atoms with van der Waals surface area (Å²) in [5.41, 5.74) is 5.06. The first kappa shape index (κ1) is 12.4. The van der Waals surface area contributed by atoms with E-state index in [1.165, 1.54) is 22.8 Å². The van der Waals surface area contributed by atoms with E-state index in [2.05, 4.69) is 37.1 Å². The second-order valence-electron chi connectivity index (χ2n) is 5.51. The molecule has 1 aliphatic heterocycles. The van der Waals surface area contributed by atoms with Gasteiger partial charge in [-0.2, -0.15) is 0 Å². The minimum atomic E-state index is -0.153. The fraction of sp³-hybridized carbons (Fsp3) is 0.294. The molecule has 0 saturated carbocycles. The summed E-state index contributed by atoms with van der Waals surface area (Å²) in [4.78, 5) is 2.30. The molecule has 0 fully saturated rings. The standard InChI is InChI=1S/C17H18FN/c1-12-6-7-16-14(8-12)10-19(2)11-17(16)13-4-3-5-15(18)9-13/h3-9,17H,10-11H2,1-2H3/t17-/m0/s1. The van der Waals surface area contributed by atoms with Crippen LogP contribution in [-0.2, 0) is 6.54 Å². The number of nitrogens with zero attached hydrogens (tertiary/aromatic N) is 1. The Hall–Kier alpha value is -1.67. The van der Waals surface area contributed by atoms with Crippen molar-refractivity contribution < 1.29 is 4.39 Å². The van der Waals surface area contributed by atoms with E-state index in [1.807, 2.05) is 6.07 Å². The second-order valence-corrected chi connectivity index (χ2v) is 5.51. The van der Waals surface area contributed by atoms with Crippen LogP contribution in [0.2, 0.25) is 0 Å². The van der Waals surface area contributed by atoms with Crippen LogP contribution in [0.5, 0.6) is 0 Å². The van der Waals surface area contributed by atoms with Gasteiger partial charge in [0.05, 0.1) is 0 Å². The van der Waals surface area contributed by atoms with Crippen LogP contribution < -0.4 is 0 Å². The third-order valence-electron chi connectivity index (χ3n) is 3.86. The molecule has 2 aromatic rings. The van der Waals surface area contributed by atoms with Crippen molar-refractivity contribution in [2.24, 2.45) is 0 Å². The monoisotopic (exact) mass is 255 g/mol. The van der Waals surface area contributed by atoms with Crippen LogP contribution in [0.3, 0.4) is 0 Å². The fourth-order valence-corrected chi connectivity index (χ4v) is 2.99. The lowest BCUT2D eigenvalue weighted by atomic mass is 9.84. The number of benzene rings is 2. The van der Waals surface area contributed by atoms with Gasteiger partial charge in [-0.15, -0.1) is 0 Å². The van der Waals surface area contributed by atoms with E-state index < -0.39 is 0 Å². The highest BCUT2D eigenvalue weighted by Crippen LogP contribution is 2.33. The molecule has 0 spiro atoms. The van der Waals surface area contributed by atoms with Crippen LogP contribution in [0.15, 0.2) is 42.5 Å². The molecule has 0 bridgehead atoms. The molecule has 0 N–H and O–H groups in total. The van der Waals surface area contributed by atoms with Gasteiger partial charge in [-0.05, 0) is 42.8 Å². The van der Waals surface area contributed by atoms with Crippen molar-refractivity contribution in [3.05, 3.63) is 70.5 Å². The van der Waals surface area contributed by atoms with E-state index >= 15 is 0 Å². The Kier molecular flexibility index (Phi) is 3.11. The third-order valence-corrected chi connectivity index (χ3v) is 3.86. The number of aryl methyl sites for hydroxylation is 1. The van der Waals surface area contributed by atoms with Crippen molar-refractivity contribution in [2.75, 3.05) is 13.6 Å². The zero-order valence-corrected chi connectivity index (χ0v) is 11.4. The Balaban J connectivity index is 2.08. The summed E-state index contributed by atoms with van der Waals surface area (Å²) in [6.07, 6.45) is 0. The Morgan fingerprint density at radius 1 is 1.16 bits per heavy atom. The molecule has 2 aromatic carbocycles. The first-order valence-corrected chi connectivity index (χ1v) is 6.67. The summed E-state index contributed by atoms with van der Waals surface area (Å²) in [7, 11) is 2.12. The van der Waals surface area contributed by atoms with Gasteiger partial charge in [0.1, 0.15) is 5.82 Å². The number of hydrogen-bond donors (Lipinski definition) is 0. The zero-order valence-electron chi connectivity index (χ0n) is 11.4. The van der Waals surface area contributed by atoms with Gasteiger partial charge in [-0.3, -0.25) is 0 Å². The minimum absolute atomic E-state index is 0.153. The molecule has 19 heavy (non-hydrogen) atoms. The van der Waals surface area contributed by atoms with Crippen molar-refractivity contribution in [1.82, 2.24) is 4.90 Å². The number of halogens is 1. The Morgan fingerprint density at radius 2 is 2.00 bits per heavy atom. The average Bonchev–Trinajstić information content (AvgIpc) is 2.37. The van der Waals surface area contributed by atoms with Crippen LogP contribution in [0.25, 0.3) is 0 Å². The normalized spacial score (nSPS) is 19.2. The summed E-state index contributed by atoms with van der Waals surface area (Å²) >= 11 is 0. The molecule has 0 amide bonds. The topological polar surface area (TPSA) is 3.24 Å². The molecule has 1 heterocycles. The molecule has 2 heteroatoms. The third kappa shape index (κ3) is 2.41. The molecular weight excluding hydrogens is 237 g/mol. The van der Waals surface area contributed by atoms with Gasteiger partial charge in [0.25, 0.3) is 0 Å². The highest BCUT2D eigenvalue weighted by atomic mass is 19.1. The highest BCUT2D eigenvalue weighted by molar-refractivity contribution is 5.42. The van der Waals surface area contributed by atoms with Crippen molar-refractivity contribution in [1.29, 1.82) is 0 Å². The molecule has 0 radical (unpaired) electrons. The number of likely N-dealkylation sites (N-methyl/N-ethyl adjacent to an activating group) is 1. The SMILES string of the molecule is Cc1ccc2c(c1)CN(C)C[C@H]2c1cccc(F)c1. The van der Waals surface area contributed by atoms with Crippen LogP contribution in [0.1, 0.15) is 28.2 Å². The van der Waals surface area contributed by atoms with E-state index in [4.69, 9.17) is 0 Å². The molecule has 1 aliphatic rings. The molecular formula is C17H18FN. The summed E-state index contributed by atoms with van der Waals surface area (Å²) in [5.74, 6) is 0.115. The Morgan fingerprint density at radius 3 is 2.79 bits per heavy atom.